The summed E-state index contributed by atoms with van der Waals surface area (Å²) < 4.78 is 16.9. The summed E-state index contributed by atoms with van der Waals surface area (Å²) in [7, 11) is 0. The summed E-state index contributed by atoms with van der Waals surface area (Å²) in [4.78, 5) is 27.1. The number of carbonyl (C=O) groups excluding carboxylic acids is 1. The lowest BCUT2D eigenvalue weighted by Gasteiger charge is -2.21. The van der Waals surface area contributed by atoms with Crippen molar-refractivity contribution in [3.05, 3.63) is 70.6 Å². The van der Waals surface area contributed by atoms with E-state index in [0.717, 1.165) is 6.42 Å². The van der Waals surface area contributed by atoms with Gasteiger partial charge in [0, 0.05) is 6.54 Å². The van der Waals surface area contributed by atoms with Gasteiger partial charge in [0.05, 0.1) is 31.6 Å². The van der Waals surface area contributed by atoms with E-state index in [2.05, 4.69) is 20.8 Å². The summed E-state index contributed by atoms with van der Waals surface area (Å²) >= 11 is 0. The number of aliphatic hydroxyl groups is 1. The number of benzene rings is 2. The Balaban J connectivity index is 1.85. The van der Waals surface area contributed by atoms with Crippen LogP contribution in [0.5, 0.6) is 11.5 Å². The van der Waals surface area contributed by atoms with E-state index in [1.165, 1.54) is 11.2 Å². The first-order chi connectivity index (χ1) is 15.3. The molecule has 2 aromatic carbocycles. The molecule has 32 heavy (non-hydrogen) atoms. The van der Waals surface area contributed by atoms with E-state index < -0.39 is 6.09 Å². The Morgan fingerprint density at radius 2 is 1.84 bits per heavy atom. The van der Waals surface area contributed by atoms with E-state index in [1.54, 1.807) is 42.5 Å². The van der Waals surface area contributed by atoms with Gasteiger partial charge in [-0.3, -0.25) is 4.79 Å². The fraction of sp³-hybridized carbons (Fsp3) is 0.360. The molecule has 1 aromatic heterocycles. The Labute approximate surface area is 187 Å². The molecule has 0 atom stereocenters. The predicted octanol–water partition coefficient (Wildman–Crippen LogP) is 4.60. The number of hydrogen-bond donors (Lipinski definition) is 1. The third-order valence-corrected chi connectivity index (χ3v) is 4.88. The molecule has 170 valence electrons. The third-order valence-electron chi connectivity index (χ3n) is 4.88. The van der Waals surface area contributed by atoms with Gasteiger partial charge in [-0.25, -0.2) is 4.79 Å². The number of rotatable bonds is 8. The van der Waals surface area contributed by atoms with Gasteiger partial charge in [-0.15, -0.1) is 0 Å². The van der Waals surface area contributed by atoms with Crippen LogP contribution in [-0.4, -0.2) is 35.9 Å². The maximum atomic E-state index is 13.2. The zero-order valence-electron chi connectivity index (χ0n) is 18.7. The smallest absolute Gasteiger partial charge is 0.415 e. The molecule has 7 heteroatoms. The largest absolute Gasteiger partial charge is 0.493 e. The number of ether oxygens (including phenoxy) is 2. The molecule has 0 saturated heterocycles. The molecule has 0 bridgehead atoms. The minimum atomic E-state index is -0.667. The number of hydrogen-bond acceptors (Lipinski definition) is 6. The lowest BCUT2D eigenvalue weighted by atomic mass is 9.93. The van der Waals surface area contributed by atoms with E-state index >= 15 is 0 Å². The van der Waals surface area contributed by atoms with Gasteiger partial charge in [0.1, 0.15) is 22.5 Å². The molecular formula is C25H29NO6. The van der Waals surface area contributed by atoms with Crippen LogP contribution < -0.4 is 14.9 Å². The zero-order valence-corrected chi connectivity index (χ0v) is 18.7. The van der Waals surface area contributed by atoms with Crippen LogP contribution in [0.2, 0.25) is 0 Å². The molecule has 0 unspecified atom stereocenters. The molecule has 0 radical (unpaired) electrons. The summed E-state index contributed by atoms with van der Waals surface area (Å²) in [5.41, 5.74) is 0.494. The quantitative estimate of drug-likeness (QED) is 0.552. The molecule has 0 aliphatic heterocycles. The highest BCUT2D eigenvalue weighted by Crippen LogP contribution is 2.25. The third kappa shape index (κ3) is 6.11. The number of para-hydroxylation sites is 1. The molecule has 0 saturated carbocycles. The van der Waals surface area contributed by atoms with Gasteiger partial charge in [0.25, 0.3) is 0 Å². The van der Waals surface area contributed by atoms with Gasteiger partial charge in [-0.05, 0) is 36.1 Å². The maximum Gasteiger partial charge on any atom is 0.415 e. The first-order valence-electron chi connectivity index (χ1n) is 10.6. The Kier molecular flexibility index (Phi) is 7.53. The molecule has 1 N–H and O–H groups in total. The molecule has 7 nitrogen and oxygen atoms in total. The van der Waals surface area contributed by atoms with E-state index in [-0.39, 0.29) is 36.1 Å². The van der Waals surface area contributed by atoms with E-state index in [1.807, 2.05) is 6.07 Å². The van der Waals surface area contributed by atoms with Crippen molar-refractivity contribution in [2.24, 2.45) is 5.41 Å². The predicted molar refractivity (Wildman–Crippen MR) is 122 cm³/mol. The monoisotopic (exact) mass is 439 g/mol. The van der Waals surface area contributed by atoms with Crippen LogP contribution in [0.1, 0.15) is 32.8 Å². The molecule has 0 aliphatic carbocycles. The number of amides is 1. The van der Waals surface area contributed by atoms with E-state index in [4.69, 9.17) is 13.9 Å². The molecular weight excluding hydrogens is 410 g/mol. The number of fused-ring (bicyclic) bond motifs is 1. The van der Waals surface area contributed by atoms with Crippen molar-refractivity contribution < 1.29 is 23.8 Å². The molecule has 0 spiro atoms. The summed E-state index contributed by atoms with van der Waals surface area (Å²) in [6, 6.07) is 13.8. The normalized spacial score (nSPS) is 11.4. The SMILES string of the molecule is CC(C)(C)CCOc1cccc2occ(CN(CCO)C(=O)Oc3ccccc3)c(=O)c12. The standard InChI is InChI=1S/C25H29NO6/c1-25(2,3)12-15-30-20-10-7-11-21-22(20)23(28)18(17-31-21)16-26(13-14-27)24(29)32-19-8-5-4-6-9-19/h4-11,17,27H,12-16H2,1-3H3. The van der Waals surface area contributed by atoms with Gasteiger partial charge < -0.3 is 23.9 Å². The highest BCUT2D eigenvalue weighted by molar-refractivity contribution is 5.83. The lowest BCUT2D eigenvalue weighted by Crippen LogP contribution is -2.36. The zero-order chi connectivity index (χ0) is 23.1. The summed E-state index contributed by atoms with van der Waals surface area (Å²) in [5.74, 6) is 0.823. The average Bonchev–Trinajstić information content (AvgIpc) is 2.75. The van der Waals surface area contributed by atoms with Crippen LogP contribution in [0.15, 0.2) is 64.0 Å². The number of aliphatic hydroxyl groups excluding tert-OH is 1. The van der Waals surface area contributed by atoms with Crippen molar-refractivity contribution in [2.45, 2.75) is 33.7 Å². The van der Waals surface area contributed by atoms with Crippen molar-refractivity contribution >= 4 is 17.1 Å². The van der Waals surface area contributed by atoms with E-state index in [9.17, 15) is 14.7 Å². The van der Waals surface area contributed by atoms with Gasteiger partial charge in [0.2, 0.25) is 5.43 Å². The minimum Gasteiger partial charge on any atom is -0.493 e. The van der Waals surface area contributed by atoms with Crippen LogP contribution in [-0.2, 0) is 6.54 Å². The minimum absolute atomic E-state index is 0.00682. The molecule has 3 rings (SSSR count). The van der Waals surface area contributed by atoms with E-state index in [0.29, 0.717) is 29.1 Å². The van der Waals surface area contributed by atoms with Crippen LogP contribution in [0.4, 0.5) is 4.79 Å². The average molecular weight is 440 g/mol. The molecule has 0 fully saturated rings. The van der Waals surface area contributed by atoms with Crippen molar-refractivity contribution in [2.75, 3.05) is 19.8 Å². The molecule has 0 aliphatic rings. The first kappa shape index (κ1) is 23.3. The van der Waals surface area contributed by atoms with Crippen LogP contribution in [0.25, 0.3) is 11.0 Å². The van der Waals surface area contributed by atoms with Gasteiger partial charge in [-0.1, -0.05) is 45.0 Å². The Morgan fingerprint density at radius 1 is 1.09 bits per heavy atom. The van der Waals surface area contributed by atoms with Crippen LogP contribution in [0, 0.1) is 5.41 Å². The lowest BCUT2D eigenvalue weighted by molar-refractivity contribution is 0.135. The molecule has 3 aromatic rings. The number of nitrogens with zero attached hydrogens (tertiary/aromatic N) is 1. The van der Waals surface area contributed by atoms with Crippen molar-refractivity contribution in [3.63, 3.8) is 0 Å². The second-order valence-corrected chi connectivity index (χ2v) is 8.70. The fourth-order valence-electron chi connectivity index (χ4n) is 3.09. The summed E-state index contributed by atoms with van der Waals surface area (Å²) in [6.45, 7) is 6.49. The van der Waals surface area contributed by atoms with Gasteiger partial charge >= 0.3 is 6.09 Å². The first-order valence-corrected chi connectivity index (χ1v) is 10.6. The molecule has 1 amide bonds. The summed E-state index contributed by atoms with van der Waals surface area (Å²) in [5, 5.41) is 9.74. The molecule has 1 heterocycles. The fourth-order valence-corrected chi connectivity index (χ4v) is 3.09. The van der Waals surface area contributed by atoms with Crippen molar-refractivity contribution in [3.8, 4) is 11.5 Å². The Bertz CT molecular complexity index is 1100. The summed E-state index contributed by atoms with van der Waals surface area (Å²) in [6.07, 6.45) is 1.49. The Morgan fingerprint density at radius 3 is 2.53 bits per heavy atom. The number of carbonyl (C=O) groups is 1. The van der Waals surface area contributed by atoms with Crippen LogP contribution >= 0.6 is 0 Å². The highest BCUT2D eigenvalue weighted by Gasteiger charge is 2.20. The van der Waals surface area contributed by atoms with Crippen molar-refractivity contribution in [1.29, 1.82) is 0 Å². The van der Waals surface area contributed by atoms with Gasteiger partial charge in [0.15, 0.2) is 0 Å². The topological polar surface area (TPSA) is 89.2 Å². The highest BCUT2D eigenvalue weighted by atomic mass is 16.6. The second kappa shape index (κ2) is 10.3. The Hall–Kier alpha value is -3.32. The second-order valence-electron chi connectivity index (χ2n) is 8.70. The van der Waals surface area contributed by atoms with Crippen molar-refractivity contribution in [1.82, 2.24) is 4.90 Å². The maximum absolute atomic E-state index is 13.2. The van der Waals surface area contributed by atoms with Gasteiger partial charge in [-0.2, -0.15) is 0 Å². The van der Waals surface area contributed by atoms with Crippen LogP contribution in [0.3, 0.4) is 0 Å².